The first-order valence-corrected chi connectivity index (χ1v) is 10.1. The molecule has 5 nitrogen and oxygen atoms in total. The molecule has 0 aliphatic carbocycles. The Hall–Kier alpha value is -3.61. The van der Waals surface area contributed by atoms with Crippen molar-refractivity contribution in [2.45, 2.75) is 33.0 Å². The maximum absolute atomic E-state index is 15.0. The highest BCUT2D eigenvalue weighted by Gasteiger charge is 2.29. The average molecular weight is 418 g/mol. The Kier molecular flexibility index (Phi) is 4.54. The van der Waals surface area contributed by atoms with Gasteiger partial charge in [-0.25, -0.2) is 8.78 Å². The Morgan fingerprint density at radius 2 is 1.81 bits per heavy atom. The summed E-state index contributed by atoms with van der Waals surface area (Å²) in [6, 6.07) is 11.8. The molecule has 0 saturated heterocycles. The molecule has 0 unspecified atom stereocenters. The van der Waals surface area contributed by atoms with Gasteiger partial charge in [0.2, 0.25) is 0 Å². The van der Waals surface area contributed by atoms with Gasteiger partial charge in [-0.05, 0) is 55.3 Å². The Balaban J connectivity index is 1.50. The van der Waals surface area contributed by atoms with Crippen molar-refractivity contribution in [2.24, 2.45) is 0 Å². The fourth-order valence-corrected chi connectivity index (χ4v) is 4.14. The van der Waals surface area contributed by atoms with Crippen LogP contribution in [0.5, 0.6) is 0 Å². The number of pyridine rings is 1. The standard InChI is InChI=1S/C24H20F2N4O/c1-14(2)30-23-7-3-5-16(18(23)11-28-30)15-9-20(25)19(21(26)10-15)12-29-13-22-17(24(29)31)6-4-8-27-22/h3-11,14H,12-13H2,1-2H3. The summed E-state index contributed by atoms with van der Waals surface area (Å²) in [5.74, 6) is -1.63. The largest absolute Gasteiger partial charge is 0.328 e. The van der Waals surface area contributed by atoms with Gasteiger partial charge in [-0.3, -0.25) is 14.5 Å². The van der Waals surface area contributed by atoms with E-state index in [0.717, 1.165) is 10.9 Å². The van der Waals surface area contributed by atoms with Crippen molar-refractivity contribution in [1.82, 2.24) is 19.7 Å². The Bertz CT molecular complexity index is 1310. The van der Waals surface area contributed by atoms with E-state index in [4.69, 9.17) is 0 Å². The maximum Gasteiger partial charge on any atom is 0.256 e. The first-order chi connectivity index (χ1) is 14.9. The van der Waals surface area contributed by atoms with Crippen molar-refractivity contribution >= 4 is 16.8 Å². The quantitative estimate of drug-likeness (QED) is 0.463. The number of hydrogen-bond donors (Lipinski definition) is 0. The van der Waals surface area contributed by atoms with Gasteiger partial charge >= 0.3 is 0 Å². The normalized spacial score (nSPS) is 13.5. The lowest BCUT2D eigenvalue weighted by molar-refractivity contribution is 0.0763. The molecular formula is C24H20F2N4O. The molecule has 1 amide bonds. The lowest BCUT2D eigenvalue weighted by Crippen LogP contribution is -2.24. The van der Waals surface area contributed by atoms with Crippen molar-refractivity contribution in [1.29, 1.82) is 0 Å². The molecule has 156 valence electrons. The summed E-state index contributed by atoms with van der Waals surface area (Å²) in [5, 5.41) is 5.25. The summed E-state index contributed by atoms with van der Waals surface area (Å²) in [5.41, 5.74) is 3.03. The first kappa shape index (κ1) is 19.4. The number of rotatable bonds is 4. The number of carbonyl (C=O) groups is 1. The van der Waals surface area contributed by atoms with Crippen molar-refractivity contribution in [3.63, 3.8) is 0 Å². The van der Waals surface area contributed by atoms with Crippen molar-refractivity contribution in [2.75, 3.05) is 0 Å². The maximum atomic E-state index is 15.0. The van der Waals surface area contributed by atoms with Crippen molar-refractivity contribution in [3.05, 3.63) is 83.3 Å². The molecule has 4 aromatic rings. The zero-order valence-electron chi connectivity index (χ0n) is 17.1. The molecule has 1 aliphatic rings. The molecule has 2 aromatic carbocycles. The number of nitrogens with zero attached hydrogens (tertiary/aromatic N) is 4. The van der Waals surface area contributed by atoms with Crippen LogP contribution in [-0.2, 0) is 13.1 Å². The predicted molar refractivity (Wildman–Crippen MR) is 113 cm³/mol. The van der Waals surface area contributed by atoms with Gasteiger partial charge < -0.3 is 4.90 Å². The summed E-state index contributed by atoms with van der Waals surface area (Å²) >= 11 is 0. The lowest BCUT2D eigenvalue weighted by Gasteiger charge is -2.17. The summed E-state index contributed by atoms with van der Waals surface area (Å²) < 4.78 is 31.9. The van der Waals surface area contributed by atoms with Gasteiger partial charge in [-0.1, -0.05) is 12.1 Å². The molecule has 2 aromatic heterocycles. The van der Waals surface area contributed by atoms with E-state index < -0.39 is 11.6 Å². The Morgan fingerprint density at radius 3 is 2.52 bits per heavy atom. The van der Waals surface area contributed by atoms with E-state index in [0.29, 0.717) is 22.4 Å². The molecule has 0 N–H and O–H groups in total. The van der Waals surface area contributed by atoms with Crippen LogP contribution in [0, 0.1) is 11.6 Å². The predicted octanol–water partition coefficient (Wildman–Crippen LogP) is 5.11. The number of amides is 1. The highest BCUT2D eigenvalue weighted by molar-refractivity contribution is 5.97. The average Bonchev–Trinajstić information content (AvgIpc) is 3.32. The van der Waals surface area contributed by atoms with E-state index in [9.17, 15) is 4.79 Å². The Morgan fingerprint density at radius 1 is 1.06 bits per heavy atom. The topological polar surface area (TPSA) is 51.0 Å². The van der Waals surface area contributed by atoms with E-state index in [-0.39, 0.29) is 30.6 Å². The molecule has 3 heterocycles. The molecule has 0 spiro atoms. The number of carbonyl (C=O) groups excluding carboxylic acids is 1. The van der Waals surface area contributed by atoms with E-state index >= 15 is 8.78 Å². The van der Waals surface area contributed by atoms with Crippen LogP contribution in [-0.4, -0.2) is 25.6 Å². The van der Waals surface area contributed by atoms with E-state index in [1.54, 1.807) is 24.5 Å². The van der Waals surface area contributed by atoms with Crippen LogP contribution in [0.1, 0.15) is 41.5 Å². The third kappa shape index (κ3) is 3.17. The van der Waals surface area contributed by atoms with Gasteiger partial charge in [0.05, 0.1) is 36.1 Å². The van der Waals surface area contributed by atoms with Crippen LogP contribution in [0.2, 0.25) is 0 Å². The summed E-state index contributed by atoms with van der Waals surface area (Å²) in [6.45, 7) is 4.15. The molecule has 7 heteroatoms. The van der Waals surface area contributed by atoms with Crippen LogP contribution in [0.15, 0.2) is 54.9 Å². The minimum Gasteiger partial charge on any atom is -0.328 e. The molecule has 5 rings (SSSR count). The Labute approximate surface area is 177 Å². The summed E-state index contributed by atoms with van der Waals surface area (Å²) in [7, 11) is 0. The van der Waals surface area contributed by atoms with E-state index in [1.807, 2.05) is 36.7 Å². The molecule has 0 radical (unpaired) electrons. The molecule has 0 atom stereocenters. The minimum atomic E-state index is -0.681. The van der Waals surface area contributed by atoms with Gasteiger partial charge in [0, 0.05) is 23.2 Å². The zero-order valence-corrected chi connectivity index (χ0v) is 17.1. The van der Waals surface area contributed by atoms with Crippen LogP contribution in [0.25, 0.3) is 22.0 Å². The number of aromatic nitrogens is 3. The minimum absolute atomic E-state index is 0.130. The fraction of sp³-hybridized carbons (Fsp3) is 0.208. The highest BCUT2D eigenvalue weighted by atomic mass is 19.1. The van der Waals surface area contributed by atoms with Gasteiger partial charge in [0.1, 0.15) is 11.6 Å². The highest BCUT2D eigenvalue weighted by Crippen LogP contribution is 2.33. The van der Waals surface area contributed by atoms with Crippen LogP contribution in [0.4, 0.5) is 8.78 Å². The van der Waals surface area contributed by atoms with Crippen LogP contribution >= 0.6 is 0 Å². The molecular weight excluding hydrogens is 398 g/mol. The third-order valence-electron chi connectivity index (χ3n) is 5.68. The number of halogens is 2. The van der Waals surface area contributed by atoms with Crippen molar-refractivity contribution in [3.8, 4) is 11.1 Å². The number of benzene rings is 2. The van der Waals surface area contributed by atoms with Gasteiger partial charge in [-0.15, -0.1) is 0 Å². The molecule has 31 heavy (non-hydrogen) atoms. The lowest BCUT2D eigenvalue weighted by atomic mass is 9.99. The number of hydrogen-bond acceptors (Lipinski definition) is 3. The second-order valence-corrected chi connectivity index (χ2v) is 8.00. The fourth-order valence-electron chi connectivity index (χ4n) is 4.14. The molecule has 0 bridgehead atoms. The SMILES string of the molecule is CC(C)n1ncc2c(-c3cc(F)c(CN4Cc5ncccc5C4=O)c(F)c3)cccc21. The van der Waals surface area contributed by atoms with E-state index in [2.05, 4.69) is 10.1 Å². The third-order valence-corrected chi connectivity index (χ3v) is 5.68. The second-order valence-electron chi connectivity index (χ2n) is 8.00. The van der Waals surface area contributed by atoms with Gasteiger partial charge in [0.15, 0.2) is 0 Å². The van der Waals surface area contributed by atoms with Crippen LogP contribution in [0.3, 0.4) is 0 Å². The molecule has 1 aliphatic heterocycles. The van der Waals surface area contributed by atoms with E-state index in [1.165, 1.54) is 17.0 Å². The van der Waals surface area contributed by atoms with Gasteiger partial charge in [-0.2, -0.15) is 5.10 Å². The summed E-state index contributed by atoms with van der Waals surface area (Å²) in [4.78, 5) is 18.1. The second kappa shape index (κ2) is 7.27. The number of fused-ring (bicyclic) bond motifs is 2. The first-order valence-electron chi connectivity index (χ1n) is 10.1. The monoisotopic (exact) mass is 418 g/mol. The molecule has 0 fully saturated rings. The van der Waals surface area contributed by atoms with Gasteiger partial charge in [0.25, 0.3) is 5.91 Å². The summed E-state index contributed by atoms with van der Waals surface area (Å²) in [6.07, 6.45) is 3.33. The zero-order chi connectivity index (χ0) is 21.7. The smallest absolute Gasteiger partial charge is 0.256 e. The van der Waals surface area contributed by atoms with Crippen molar-refractivity contribution < 1.29 is 13.6 Å². The molecule has 0 saturated carbocycles. The van der Waals surface area contributed by atoms with Crippen LogP contribution < -0.4 is 0 Å².